The van der Waals surface area contributed by atoms with Gasteiger partial charge in [-0.3, -0.25) is 10.1 Å². The van der Waals surface area contributed by atoms with Crippen LogP contribution in [0.1, 0.15) is 19.4 Å². The molecule has 3 rings (SSSR count). The first-order valence-electron chi connectivity index (χ1n) is 9.40. The minimum atomic E-state index is -3.81. The maximum Gasteiger partial charge on any atom is 0.293 e. The normalized spacial score (nSPS) is 11.6. The summed E-state index contributed by atoms with van der Waals surface area (Å²) >= 11 is 0. The average Bonchev–Trinajstić information content (AvgIpc) is 3.22. The average molecular weight is 430 g/mol. The van der Waals surface area contributed by atoms with Crippen LogP contribution in [0, 0.1) is 10.1 Å². The third kappa shape index (κ3) is 5.22. The lowest BCUT2D eigenvalue weighted by Crippen LogP contribution is -2.30. The molecule has 1 heterocycles. The number of nitrogens with one attached hydrogen (secondary N) is 2. The highest BCUT2D eigenvalue weighted by atomic mass is 32.2. The topological polar surface area (TPSA) is 119 Å². The Bertz CT molecular complexity index is 1110. The molecule has 0 spiro atoms. The highest BCUT2D eigenvalue weighted by Crippen LogP contribution is 2.27. The van der Waals surface area contributed by atoms with Gasteiger partial charge >= 0.3 is 0 Å². The molecular weight excluding hydrogens is 406 g/mol. The molecule has 1 aromatic heterocycles. The first-order chi connectivity index (χ1) is 14.3. The second-order valence-corrected chi connectivity index (χ2v) is 8.72. The molecule has 10 heteroatoms. The molecule has 2 aromatic carbocycles. The van der Waals surface area contributed by atoms with E-state index in [1.807, 2.05) is 36.5 Å². The predicted octanol–water partition coefficient (Wildman–Crippen LogP) is 3.12. The summed E-state index contributed by atoms with van der Waals surface area (Å²) in [5.41, 5.74) is 1.99. The molecule has 3 aromatic rings. The van der Waals surface area contributed by atoms with E-state index in [0.29, 0.717) is 13.0 Å². The zero-order valence-corrected chi connectivity index (χ0v) is 17.5. The van der Waals surface area contributed by atoms with Crippen molar-refractivity contribution in [2.45, 2.75) is 31.2 Å². The lowest BCUT2D eigenvalue weighted by Gasteiger charge is -2.12. The van der Waals surface area contributed by atoms with Crippen molar-refractivity contribution in [2.24, 2.45) is 0 Å². The second kappa shape index (κ2) is 9.06. The van der Waals surface area contributed by atoms with E-state index in [0.717, 1.165) is 17.3 Å². The Kier molecular flexibility index (Phi) is 6.48. The Morgan fingerprint density at radius 2 is 1.90 bits per heavy atom. The number of nitro groups is 1. The first kappa shape index (κ1) is 21.5. The molecule has 30 heavy (non-hydrogen) atoms. The summed E-state index contributed by atoms with van der Waals surface area (Å²) in [6, 6.07) is 13.2. The highest BCUT2D eigenvalue weighted by Gasteiger charge is 2.21. The number of rotatable bonds is 9. The maximum atomic E-state index is 12.3. The molecule has 0 saturated carbocycles. The van der Waals surface area contributed by atoms with Crippen LogP contribution in [-0.4, -0.2) is 35.7 Å². The van der Waals surface area contributed by atoms with Crippen LogP contribution in [0.3, 0.4) is 0 Å². The van der Waals surface area contributed by atoms with Gasteiger partial charge in [0.05, 0.1) is 15.5 Å². The number of benzene rings is 2. The van der Waals surface area contributed by atoms with Crippen molar-refractivity contribution < 1.29 is 13.3 Å². The monoisotopic (exact) mass is 429 g/mol. The Labute approximate surface area is 174 Å². The molecule has 0 amide bonds. The lowest BCUT2D eigenvalue weighted by molar-refractivity contribution is -0.384. The van der Waals surface area contributed by atoms with Gasteiger partial charge in [-0.25, -0.2) is 17.8 Å². The fraction of sp³-hybridized carbons (Fsp3) is 0.250. The van der Waals surface area contributed by atoms with Crippen LogP contribution in [-0.2, 0) is 16.4 Å². The number of sulfonamides is 1. The van der Waals surface area contributed by atoms with E-state index in [1.54, 1.807) is 24.7 Å². The molecule has 0 fully saturated rings. The van der Waals surface area contributed by atoms with Crippen LogP contribution in [0.15, 0.2) is 65.8 Å². The maximum absolute atomic E-state index is 12.3. The van der Waals surface area contributed by atoms with Gasteiger partial charge in [-0.05, 0) is 56.2 Å². The second-order valence-electron chi connectivity index (χ2n) is 7.01. The van der Waals surface area contributed by atoms with Crippen molar-refractivity contribution in [1.29, 1.82) is 0 Å². The van der Waals surface area contributed by atoms with Gasteiger partial charge in [-0.1, -0.05) is 12.1 Å². The summed E-state index contributed by atoms with van der Waals surface area (Å²) in [5.74, 6) is 0. The van der Waals surface area contributed by atoms with Gasteiger partial charge in [-0.2, -0.15) is 5.10 Å². The summed E-state index contributed by atoms with van der Waals surface area (Å²) in [7, 11) is -3.81. The third-order valence-corrected chi connectivity index (χ3v) is 5.96. The number of nitro benzene ring substituents is 1. The molecule has 0 radical (unpaired) electrons. The van der Waals surface area contributed by atoms with Crippen LogP contribution >= 0.6 is 0 Å². The van der Waals surface area contributed by atoms with Gasteiger partial charge in [0.1, 0.15) is 5.69 Å². The molecule has 9 nitrogen and oxygen atoms in total. The van der Waals surface area contributed by atoms with Crippen LogP contribution in [0.4, 0.5) is 11.4 Å². The number of aromatic nitrogens is 2. The van der Waals surface area contributed by atoms with Gasteiger partial charge in [0, 0.05) is 31.0 Å². The van der Waals surface area contributed by atoms with Crippen molar-refractivity contribution in [3.63, 3.8) is 0 Å². The SMILES string of the molecule is CC(C)NS(=O)(=O)c1ccc(NCCc2ccc(-n3cccn3)cc2)c([N+](=O)[O-])c1. The van der Waals surface area contributed by atoms with Crippen molar-refractivity contribution in [3.8, 4) is 5.69 Å². The molecule has 158 valence electrons. The molecule has 0 aliphatic heterocycles. The first-order valence-corrected chi connectivity index (χ1v) is 10.9. The zero-order chi connectivity index (χ0) is 21.7. The smallest absolute Gasteiger partial charge is 0.293 e. The zero-order valence-electron chi connectivity index (χ0n) is 16.6. The van der Waals surface area contributed by atoms with E-state index in [2.05, 4.69) is 15.1 Å². The minimum absolute atomic E-state index is 0.136. The molecule has 0 bridgehead atoms. The number of hydrogen-bond donors (Lipinski definition) is 2. The van der Waals surface area contributed by atoms with Gasteiger partial charge in [0.25, 0.3) is 5.69 Å². The van der Waals surface area contributed by atoms with Crippen molar-refractivity contribution >= 4 is 21.4 Å². The van der Waals surface area contributed by atoms with Crippen molar-refractivity contribution in [2.75, 3.05) is 11.9 Å². The predicted molar refractivity (Wildman–Crippen MR) is 114 cm³/mol. The number of hydrogen-bond acceptors (Lipinski definition) is 6. The summed E-state index contributed by atoms with van der Waals surface area (Å²) in [6.45, 7) is 3.82. The van der Waals surface area contributed by atoms with Gasteiger partial charge in [0.15, 0.2) is 0 Å². The molecular formula is C20H23N5O4S. The molecule has 0 unspecified atom stereocenters. The highest BCUT2D eigenvalue weighted by molar-refractivity contribution is 7.89. The Hall–Kier alpha value is -3.24. The lowest BCUT2D eigenvalue weighted by atomic mass is 10.1. The molecule has 2 N–H and O–H groups in total. The quantitative estimate of drug-likeness (QED) is 0.398. The largest absolute Gasteiger partial charge is 0.379 e. The van der Waals surface area contributed by atoms with E-state index in [-0.39, 0.29) is 22.3 Å². The van der Waals surface area contributed by atoms with Gasteiger partial charge in [-0.15, -0.1) is 0 Å². The fourth-order valence-electron chi connectivity index (χ4n) is 2.94. The van der Waals surface area contributed by atoms with E-state index < -0.39 is 14.9 Å². The number of nitrogens with zero attached hydrogens (tertiary/aromatic N) is 3. The van der Waals surface area contributed by atoms with Crippen molar-refractivity contribution in [3.05, 3.63) is 76.6 Å². The summed E-state index contributed by atoms with van der Waals surface area (Å²) in [4.78, 5) is 10.7. The summed E-state index contributed by atoms with van der Waals surface area (Å²) in [6.07, 6.45) is 4.21. The van der Waals surface area contributed by atoms with Crippen LogP contribution in [0.2, 0.25) is 0 Å². The van der Waals surface area contributed by atoms with Crippen molar-refractivity contribution in [1.82, 2.24) is 14.5 Å². The van der Waals surface area contributed by atoms with E-state index in [9.17, 15) is 18.5 Å². The molecule has 0 aliphatic rings. The summed E-state index contributed by atoms with van der Waals surface area (Å²) < 4.78 is 28.7. The number of anilines is 1. The molecule has 0 saturated heterocycles. The molecule has 0 aliphatic carbocycles. The van der Waals surface area contributed by atoms with Gasteiger partial charge < -0.3 is 5.32 Å². The van der Waals surface area contributed by atoms with Crippen LogP contribution in [0.25, 0.3) is 5.69 Å². The fourth-order valence-corrected chi connectivity index (χ4v) is 4.21. The summed E-state index contributed by atoms with van der Waals surface area (Å²) in [5, 5.41) is 18.7. The minimum Gasteiger partial charge on any atom is -0.379 e. The third-order valence-electron chi connectivity index (χ3n) is 4.30. The van der Waals surface area contributed by atoms with Crippen LogP contribution < -0.4 is 10.0 Å². The Balaban J connectivity index is 1.68. The van der Waals surface area contributed by atoms with Crippen LogP contribution in [0.5, 0.6) is 0 Å². The Morgan fingerprint density at radius 3 is 2.50 bits per heavy atom. The molecule has 0 atom stereocenters. The van der Waals surface area contributed by atoms with E-state index in [1.165, 1.54) is 12.1 Å². The van der Waals surface area contributed by atoms with E-state index in [4.69, 9.17) is 0 Å². The van der Waals surface area contributed by atoms with Gasteiger partial charge in [0.2, 0.25) is 10.0 Å². The Morgan fingerprint density at radius 1 is 1.17 bits per heavy atom. The standard InChI is InChI=1S/C20H23N5O4S/c1-15(2)23-30(28,29)18-8-9-19(20(14-18)25(26)27)21-12-10-16-4-6-17(7-5-16)24-13-3-11-22-24/h3-9,11,13-15,21,23H,10,12H2,1-2H3. The van der Waals surface area contributed by atoms with E-state index >= 15 is 0 Å².